The Kier molecular flexibility index (Phi) is 5.60. The molecule has 0 radical (unpaired) electrons. The van der Waals surface area contributed by atoms with Crippen LogP contribution in [0.2, 0.25) is 0 Å². The highest BCUT2D eigenvalue weighted by Gasteiger charge is 2.27. The van der Waals surface area contributed by atoms with E-state index in [2.05, 4.69) is 43.8 Å². The first kappa shape index (κ1) is 20.6. The number of hydrogen-bond donors (Lipinski definition) is 1. The van der Waals surface area contributed by atoms with Gasteiger partial charge in [0.1, 0.15) is 6.10 Å². The molecule has 0 aromatic carbocycles. The quantitative estimate of drug-likeness (QED) is 0.480. The van der Waals surface area contributed by atoms with Gasteiger partial charge in [-0.25, -0.2) is 19.5 Å². The molecule has 1 aliphatic rings. The van der Waals surface area contributed by atoms with Crippen molar-refractivity contribution < 1.29 is 4.74 Å². The molecule has 5 heterocycles. The Hall–Kier alpha value is -3.27. The second kappa shape index (κ2) is 8.70. The molecule has 0 amide bonds. The first-order valence-corrected chi connectivity index (χ1v) is 11.7. The lowest BCUT2D eigenvalue weighted by Crippen LogP contribution is -2.39. The summed E-state index contributed by atoms with van der Waals surface area (Å²) in [6.07, 6.45) is 10.3. The van der Waals surface area contributed by atoms with E-state index in [9.17, 15) is 4.79 Å². The maximum absolute atomic E-state index is 11.5. The van der Waals surface area contributed by atoms with E-state index in [0.29, 0.717) is 11.1 Å². The van der Waals surface area contributed by atoms with Crippen molar-refractivity contribution >= 4 is 22.2 Å². The number of H-pyrrole nitrogens is 1. The molecule has 9 nitrogen and oxygen atoms in total. The summed E-state index contributed by atoms with van der Waals surface area (Å²) >= 11 is 1.41. The van der Waals surface area contributed by atoms with Crippen LogP contribution in [-0.4, -0.2) is 48.7 Å². The fourth-order valence-electron chi connectivity index (χ4n) is 3.99. The molecule has 1 N–H and O–H groups in total. The van der Waals surface area contributed by atoms with Gasteiger partial charge in [-0.3, -0.25) is 4.79 Å². The van der Waals surface area contributed by atoms with Crippen molar-refractivity contribution in [3.63, 3.8) is 0 Å². The Balaban J connectivity index is 1.20. The van der Waals surface area contributed by atoms with E-state index in [1.54, 1.807) is 10.7 Å². The highest BCUT2D eigenvalue weighted by molar-refractivity contribution is 7.18. The molecule has 32 heavy (non-hydrogen) atoms. The van der Waals surface area contributed by atoms with Crippen molar-refractivity contribution in [2.75, 3.05) is 18.0 Å². The number of aromatic amines is 1. The van der Waals surface area contributed by atoms with Gasteiger partial charge in [-0.15, -0.1) is 5.10 Å². The maximum atomic E-state index is 11.5. The van der Waals surface area contributed by atoms with Crippen LogP contribution >= 0.6 is 11.3 Å². The molecule has 0 saturated carbocycles. The molecule has 166 valence electrons. The molecule has 0 unspecified atom stereocenters. The fourth-order valence-corrected chi connectivity index (χ4v) is 4.81. The van der Waals surface area contributed by atoms with Crippen LogP contribution in [0.3, 0.4) is 0 Å². The molecular formula is C22H25N7O2S. The monoisotopic (exact) mass is 451 g/mol. The highest BCUT2D eigenvalue weighted by atomic mass is 32.1. The van der Waals surface area contributed by atoms with Gasteiger partial charge in [0.15, 0.2) is 0 Å². The Bertz CT molecular complexity index is 1220. The van der Waals surface area contributed by atoms with E-state index in [4.69, 9.17) is 4.74 Å². The number of aryl methyl sites for hydroxylation is 1. The average molecular weight is 452 g/mol. The molecule has 0 aliphatic carbocycles. The molecular weight excluding hydrogens is 426 g/mol. The van der Waals surface area contributed by atoms with Crippen LogP contribution in [0.1, 0.15) is 32.3 Å². The zero-order valence-electron chi connectivity index (χ0n) is 18.1. The van der Waals surface area contributed by atoms with Gasteiger partial charge in [0.2, 0.25) is 16.5 Å². The van der Waals surface area contributed by atoms with Crippen LogP contribution in [-0.2, 0) is 6.42 Å². The number of aromatic nitrogens is 6. The molecule has 5 rings (SSSR count). The third kappa shape index (κ3) is 4.22. The standard InChI is InChI=1S/C22H25N7O2S/c1-3-15-11-24-20(25-12-15)28-8-5-16(6-9-28)14(2)31-22-27-29-13-18(26-21(29)32-22)17-4-7-23-19(30)10-17/h4,7,10-14,16H,3,5-6,8-9H2,1-2H3,(H,23,30)/t14-/m1/s1. The SMILES string of the molecule is CCc1cnc(N2CCC([C@@H](C)Oc3nn4cc(-c5cc[nH]c(=O)c5)nc4s3)CC2)nc1. The summed E-state index contributed by atoms with van der Waals surface area (Å²) in [4.78, 5) is 30.7. The van der Waals surface area contributed by atoms with Gasteiger partial charge in [-0.2, -0.15) is 0 Å². The minimum Gasteiger partial charge on any atom is -0.466 e. The summed E-state index contributed by atoms with van der Waals surface area (Å²) in [6.45, 7) is 6.06. The van der Waals surface area contributed by atoms with Crippen LogP contribution in [0.4, 0.5) is 5.95 Å². The maximum Gasteiger partial charge on any atom is 0.294 e. The lowest BCUT2D eigenvalue weighted by Gasteiger charge is -2.34. The number of hydrogen-bond acceptors (Lipinski definition) is 8. The summed E-state index contributed by atoms with van der Waals surface area (Å²) in [5.41, 5.74) is 2.49. The molecule has 4 aromatic heterocycles. The smallest absolute Gasteiger partial charge is 0.294 e. The van der Waals surface area contributed by atoms with Crippen LogP contribution in [0, 0.1) is 5.92 Å². The van der Waals surface area contributed by atoms with E-state index < -0.39 is 0 Å². The molecule has 1 aliphatic heterocycles. The van der Waals surface area contributed by atoms with Gasteiger partial charge in [-0.05, 0) is 55.1 Å². The van der Waals surface area contributed by atoms with Crippen molar-refractivity contribution in [3.8, 4) is 16.5 Å². The molecule has 4 aromatic rings. The second-order valence-corrected chi connectivity index (χ2v) is 8.97. The fraction of sp³-hybridized carbons (Fsp3) is 0.409. The summed E-state index contributed by atoms with van der Waals surface area (Å²) in [7, 11) is 0. The second-order valence-electron chi connectivity index (χ2n) is 8.06. The average Bonchev–Trinajstić information content (AvgIpc) is 3.38. The normalized spacial score (nSPS) is 15.9. The minimum absolute atomic E-state index is 0.0588. The molecule has 1 saturated heterocycles. The third-order valence-electron chi connectivity index (χ3n) is 5.97. The predicted octanol–water partition coefficient (Wildman–Crippen LogP) is 3.18. The summed E-state index contributed by atoms with van der Waals surface area (Å²) in [5.74, 6) is 1.26. The number of anilines is 1. The predicted molar refractivity (Wildman–Crippen MR) is 123 cm³/mol. The largest absolute Gasteiger partial charge is 0.466 e. The molecule has 0 bridgehead atoms. The lowest BCUT2D eigenvalue weighted by atomic mass is 9.92. The van der Waals surface area contributed by atoms with Gasteiger partial charge < -0.3 is 14.6 Å². The van der Waals surface area contributed by atoms with E-state index in [1.807, 2.05) is 24.7 Å². The van der Waals surface area contributed by atoms with Gasteiger partial charge in [0.25, 0.3) is 5.19 Å². The van der Waals surface area contributed by atoms with Gasteiger partial charge in [-0.1, -0.05) is 6.92 Å². The lowest BCUT2D eigenvalue weighted by molar-refractivity contribution is 0.131. The van der Waals surface area contributed by atoms with E-state index in [1.165, 1.54) is 17.4 Å². The number of pyridine rings is 1. The molecule has 1 fully saturated rings. The number of rotatable bonds is 6. The summed E-state index contributed by atoms with van der Waals surface area (Å²) in [6, 6.07) is 3.35. The number of fused-ring (bicyclic) bond motifs is 1. The highest BCUT2D eigenvalue weighted by Crippen LogP contribution is 2.29. The number of nitrogens with one attached hydrogen (secondary N) is 1. The Morgan fingerprint density at radius 1 is 1.28 bits per heavy atom. The Labute approximate surface area is 189 Å². The number of imidazole rings is 1. The first-order valence-electron chi connectivity index (χ1n) is 10.9. The Morgan fingerprint density at radius 3 is 2.75 bits per heavy atom. The van der Waals surface area contributed by atoms with Crippen molar-refractivity contribution in [1.29, 1.82) is 0 Å². The number of ether oxygens (including phenoxy) is 1. The number of nitrogens with zero attached hydrogens (tertiary/aromatic N) is 6. The zero-order valence-corrected chi connectivity index (χ0v) is 18.9. The van der Waals surface area contributed by atoms with Crippen molar-refractivity contribution in [1.82, 2.24) is 29.5 Å². The van der Waals surface area contributed by atoms with E-state index in [-0.39, 0.29) is 11.7 Å². The zero-order chi connectivity index (χ0) is 22.1. The van der Waals surface area contributed by atoms with E-state index in [0.717, 1.165) is 60.1 Å². The van der Waals surface area contributed by atoms with Crippen LogP contribution < -0.4 is 15.2 Å². The Morgan fingerprint density at radius 2 is 2.06 bits per heavy atom. The van der Waals surface area contributed by atoms with Gasteiger partial charge in [0, 0.05) is 43.3 Å². The number of piperidine rings is 1. The van der Waals surface area contributed by atoms with Crippen LogP contribution in [0.25, 0.3) is 16.2 Å². The third-order valence-corrected chi connectivity index (χ3v) is 6.78. The van der Waals surface area contributed by atoms with E-state index >= 15 is 0 Å². The minimum atomic E-state index is -0.153. The molecule has 0 spiro atoms. The summed E-state index contributed by atoms with van der Waals surface area (Å²) in [5, 5.41) is 5.14. The first-order chi connectivity index (χ1) is 15.6. The van der Waals surface area contributed by atoms with Crippen molar-refractivity contribution in [3.05, 3.63) is 52.8 Å². The van der Waals surface area contributed by atoms with Crippen molar-refractivity contribution in [2.45, 2.75) is 39.2 Å². The van der Waals surface area contributed by atoms with Crippen molar-refractivity contribution in [2.24, 2.45) is 5.92 Å². The van der Waals surface area contributed by atoms with Crippen LogP contribution in [0.5, 0.6) is 5.19 Å². The summed E-state index contributed by atoms with van der Waals surface area (Å²) < 4.78 is 7.89. The van der Waals surface area contributed by atoms with Gasteiger partial charge in [0.05, 0.1) is 11.9 Å². The van der Waals surface area contributed by atoms with Crippen LogP contribution in [0.15, 0.2) is 41.7 Å². The molecule has 1 atom stereocenters. The van der Waals surface area contributed by atoms with Gasteiger partial charge >= 0.3 is 0 Å². The topological polar surface area (TPSA) is 101 Å². The molecule has 10 heteroatoms.